The molecule has 21 heavy (non-hydrogen) atoms. The number of carbonyl (C=O) groups excluding carboxylic acids is 1. The summed E-state index contributed by atoms with van der Waals surface area (Å²) in [5.74, 6) is -0.652. The maximum absolute atomic E-state index is 11.8. The first-order chi connectivity index (χ1) is 10.1. The van der Waals surface area contributed by atoms with Gasteiger partial charge >= 0.3 is 12.0 Å². The molecule has 0 radical (unpaired) electrons. The summed E-state index contributed by atoms with van der Waals surface area (Å²) < 4.78 is 5.05. The van der Waals surface area contributed by atoms with Gasteiger partial charge in [0.1, 0.15) is 0 Å². The number of rotatable bonds is 5. The number of nitrogens with one attached hydrogen (secondary N) is 2. The van der Waals surface area contributed by atoms with E-state index in [0.717, 1.165) is 0 Å². The van der Waals surface area contributed by atoms with Gasteiger partial charge in [-0.05, 0) is 28.1 Å². The van der Waals surface area contributed by atoms with Crippen LogP contribution in [0, 0.1) is 0 Å². The molecule has 0 fully saturated rings. The summed E-state index contributed by atoms with van der Waals surface area (Å²) >= 11 is 3.21. The van der Waals surface area contributed by atoms with Crippen molar-refractivity contribution in [1.82, 2.24) is 15.5 Å². The predicted octanol–water partition coefficient (Wildman–Crippen LogP) is 1.89. The van der Waals surface area contributed by atoms with Crippen LogP contribution in [-0.4, -0.2) is 33.8 Å². The molecule has 1 aromatic heterocycles. The number of halogens is 1. The molecule has 0 saturated heterocycles. The van der Waals surface area contributed by atoms with E-state index in [2.05, 4.69) is 41.2 Å². The SMILES string of the molecule is O=C(NCCc1ncon1)Nc1c(Br)cccc1C(=O)O. The molecule has 1 aromatic carbocycles. The lowest BCUT2D eigenvalue weighted by molar-refractivity contribution is 0.0698. The number of urea groups is 1. The van der Waals surface area contributed by atoms with Crippen molar-refractivity contribution in [3.8, 4) is 0 Å². The highest BCUT2D eigenvalue weighted by Gasteiger charge is 2.15. The Kier molecular flexibility index (Phi) is 4.88. The van der Waals surface area contributed by atoms with E-state index in [1.54, 1.807) is 12.1 Å². The molecule has 0 saturated carbocycles. The van der Waals surface area contributed by atoms with Crippen LogP contribution in [0.2, 0.25) is 0 Å². The molecule has 0 aliphatic heterocycles. The number of para-hydroxylation sites is 1. The fourth-order valence-corrected chi connectivity index (χ4v) is 2.04. The molecule has 2 aromatic rings. The van der Waals surface area contributed by atoms with E-state index in [-0.39, 0.29) is 17.8 Å². The molecule has 1 heterocycles. The third kappa shape index (κ3) is 4.02. The van der Waals surface area contributed by atoms with Gasteiger partial charge in [0.05, 0.1) is 11.3 Å². The summed E-state index contributed by atoms with van der Waals surface area (Å²) in [4.78, 5) is 26.7. The Labute approximate surface area is 127 Å². The van der Waals surface area contributed by atoms with E-state index >= 15 is 0 Å². The van der Waals surface area contributed by atoms with Crippen molar-refractivity contribution < 1.29 is 19.2 Å². The van der Waals surface area contributed by atoms with Crippen LogP contribution in [0.3, 0.4) is 0 Å². The molecule has 0 bridgehead atoms. The minimum absolute atomic E-state index is 0.00214. The number of nitrogens with zero attached hydrogens (tertiary/aromatic N) is 2. The Morgan fingerprint density at radius 2 is 2.19 bits per heavy atom. The number of hydrogen-bond acceptors (Lipinski definition) is 5. The van der Waals surface area contributed by atoms with Crippen molar-refractivity contribution >= 4 is 33.6 Å². The Morgan fingerprint density at radius 3 is 2.86 bits per heavy atom. The minimum atomic E-state index is -1.13. The standard InChI is InChI=1S/C12H11BrN4O4/c13-8-3-1-2-7(11(18)19)10(8)16-12(20)14-5-4-9-15-6-21-17-9/h1-3,6H,4-5H2,(H,18,19)(H2,14,16,20). The highest BCUT2D eigenvalue weighted by Crippen LogP contribution is 2.26. The molecule has 8 nitrogen and oxygen atoms in total. The number of carboxylic acids is 1. The first-order valence-corrected chi connectivity index (χ1v) is 6.69. The number of hydrogen-bond donors (Lipinski definition) is 3. The monoisotopic (exact) mass is 354 g/mol. The summed E-state index contributed by atoms with van der Waals surface area (Å²) in [6, 6.07) is 4.10. The van der Waals surface area contributed by atoms with Crippen LogP contribution >= 0.6 is 15.9 Å². The summed E-state index contributed by atoms with van der Waals surface area (Å²) in [5, 5.41) is 17.8. The van der Waals surface area contributed by atoms with Crippen LogP contribution in [0.25, 0.3) is 0 Å². The van der Waals surface area contributed by atoms with Gasteiger partial charge < -0.3 is 20.3 Å². The van der Waals surface area contributed by atoms with E-state index < -0.39 is 12.0 Å². The van der Waals surface area contributed by atoms with Crippen molar-refractivity contribution in [2.75, 3.05) is 11.9 Å². The molecule has 0 unspecified atom stereocenters. The minimum Gasteiger partial charge on any atom is -0.478 e. The molecule has 2 rings (SSSR count). The van der Waals surface area contributed by atoms with E-state index in [4.69, 9.17) is 5.11 Å². The second-order valence-electron chi connectivity index (χ2n) is 3.95. The van der Waals surface area contributed by atoms with Gasteiger partial charge in [0.15, 0.2) is 5.82 Å². The molecule has 0 atom stereocenters. The van der Waals surface area contributed by atoms with E-state index in [1.165, 1.54) is 12.5 Å². The average molecular weight is 355 g/mol. The first kappa shape index (κ1) is 15.0. The lowest BCUT2D eigenvalue weighted by Gasteiger charge is -2.11. The predicted molar refractivity (Wildman–Crippen MR) is 76.1 cm³/mol. The average Bonchev–Trinajstić information content (AvgIpc) is 2.94. The second-order valence-corrected chi connectivity index (χ2v) is 4.80. The Bertz CT molecular complexity index is 645. The van der Waals surface area contributed by atoms with Gasteiger partial charge in [0.25, 0.3) is 0 Å². The van der Waals surface area contributed by atoms with Crippen molar-refractivity contribution in [1.29, 1.82) is 0 Å². The molecule has 3 N–H and O–H groups in total. The number of aromatic nitrogens is 2. The number of carboxylic acid groups (broad SMARTS) is 1. The summed E-state index contributed by atoms with van der Waals surface area (Å²) in [6.07, 6.45) is 1.61. The highest BCUT2D eigenvalue weighted by atomic mass is 79.9. The largest absolute Gasteiger partial charge is 0.478 e. The molecule has 0 aliphatic carbocycles. The van der Waals surface area contributed by atoms with Gasteiger partial charge in [-0.3, -0.25) is 0 Å². The third-order valence-electron chi connectivity index (χ3n) is 2.52. The first-order valence-electron chi connectivity index (χ1n) is 5.90. The highest BCUT2D eigenvalue weighted by molar-refractivity contribution is 9.10. The van der Waals surface area contributed by atoms with Crippen LogP contribution in [-0.2, 0) is 6.42 Å². The second kappa shape index (κ2) is 6.84. The van der Waals surface area contributed by atoms with Crippen LogP contribution in [0.15, 0.2) is 33.6 Å². The fourth-order valence-electron chi connectivity index (χ4n) is 1.58. The zero-order chi connectivity index (χ0) is 15.2. The quantitative estimate of drug-likeness (QED) is 0.754. The summed E-state index contributed by atoms with van der Waals surface area (Å²) in [5.41, 5.74) is 0.194. The van der Waals surface area contributed by atoms with Gasteiger partial charge in [-0.15, -0.1) is 0 Å². The van der Waals surface area contributed by atoms with Gasteiger partial charge in [-0.25, -0.2) is 9.59 Å². The van der Waals surface area contributed by atoms with Crippen molar-refractivity contribution in [3.05, 3.63) is 40.5 Å². The molecule has 0 aliphatic rings. The van der Waals surface area contributed by atoms with Crippen LogP contribution in [0.1, 0.15) is 16.2 Å². The zero-order valence-corrected chi connectivity index (χ0v) is 12.3. The van der Waals surface area contributed by atoms with E-state index in [1.807, 2.05) is 0 Å². The zero-order valence-electron chi connectivity index (χ0n) is 10.7. The number of benzene rings is 1. The molecule has 9 heteroatoms. The van der Waals surface area contributed by atoms with Gasteiger partial charge in [-0.2, -0.15) is 4.98 Å². The maximum atomic E-state index is 11.8. The van der Waals surface area contributed by atoms with Gasteiger partial charge in [0, 0.05) is 17.4 Å². The van der Waals surface area contributed by atoms with Gasteiger partial charge in [0.2, 0.25) is 6.39 Å². The van der Waals surface area contributed by atoms with E-state index in [0.29, 0.717) is 16.7 Å². The molecule has 2 amide bonds. The van der Waals surface area contributed by atoms with Crippen LogP contribution in [0.4, 0.5) is 10.5 Å². The Hall–Kier alpha value is -2.42. The maximum Gasteiger partial charge on any atom is 0.337 e. The van der Waals surface area contributed by atoms with Crippen LogP contribution in [0.5, 0.6) is 0 Å². The molecular weight excluding hydrogens is 344 g/mol. The molecule has 0 spiro atoms. The summed E-state index contributed by atoms with van der Waals surface area (Å²) in [6.45, 7) is 0.290. The summed E-state index contributed by atoms with van der Waals surface area (Å²) in [7, 11) is 0. The van der Waals surface area contributed by atoms with E-state index in [9.17, 15) is 9.59 Å². The molecule has 110 valence electrons. The number of aromatic carboxylic acids is 1. The van der Waals surface area contributed by atoms with Crippen molar-refractivity contribution in [2.45, 2.75) is 6.42 Å². The van der Waals surface area contributed by atoms with Crippen molar-refractivity contribution in [2.24, 2.45) is 0 Å². The number of anilines is 1. The fraction of sp³-hybridized carbons (Fsp3) is 0.167. The Balaban J connectivity index is 1.95. The lowest BCUT2D eigenvalue weighted by atomic mass is 10.2. The Morgan fingerprint density at radius 1 is 1.38 bits per heavy atom. The normalized spacial score (nSPS) is 10.1. The van der Waals surface area contributed by atoms with Crippen LogP contribution < -0.4 is 10.6 Å². The number of carbonyl (C=O) groups is 2. The lowest BCUT2D eigenvalue weighted by Crippen LogP contribution is -2.31. The topological polar surface area (TPSA) is 117 Å². The third-order valence-corrected chi connectivity index (χ3v) is 3.18. The van der Waals surface area contributed by atoms with Crippen molar-refractivity contribution in [3.63, 3.8) is 0 Å². The number of amides is 2. The molecular formula is C12H11BrN4O4. The smallest absolute Gasteiger partial charge is 0.337 e. The van der Waals surface area contributed by atoms with Gasteiger partial charge in [-0.1, -0.05) is 11.2 Å².